The Morgan fingerprint density at radius 3 is 2.50 bits per heavy atom. The summed E-state index contributed by atoms with van der Waals surface area (Å²) in [6, 6.07) is 11.3. The Bertz CT molecular complexity index is 516. The van der Waals surface area contributed by atoms with Crippen LogP contribution in [-0.2, 0) is 6.54 Å². The van der Waals surface area contributed by atoms with Crippen molar-refractivity contribution in [3.8, 4) is 5.75 Å². The summed E-state index contributed by atoms with van der Waals surface area (Å²) < 4.78 is 10.5. The first kappa shape index (κ1) is 12.2. The minimum atomic E-state index is 0.339. The van der Waals surface area contributed by atoms with Crippen molar-refractivity contribution in [2.45, 2.75) is 6.54 Å². The number of aldehydes is 1. The molecule has 0 fully saturated rings. The zero-order valence-corrected chi connectivity index (χ0v) is 10.4. The average Bonchev–Trinajstić information content (AvgIpc) is 2.88. The van der Waals surface area contributed by atoms with Gasteiger partial charge in [0.1, 0.15) is 5.75 Å². The summed E-state index contributed by atoms with van der Waals surface area (Å²) in [5.74, 6) is 1.85. The number of ether oxygens (including phenoxy) is 1. The van der Waals surface area contributed by atoms with Crippen molar-refractivity contribution >= 4 is 12.2 Å². The Labute approximate surface area is 106 Å². The number of furan rings is 1. The van der Waals surface area contributed by atoms with Gasteiger partial charge in [0.25, 0.3) is 0 Å². The summed E-state index contributed by atoms with van der Waals surface area (Å²) >= 11 is 0. The minimum absolute atomic E-state index is 0.339. The van der Waals surface area contributed by atoms with Gasteiger partial charge in [0.2, 0.25) is 0 Å². The van der Waals surface area contributed by atoms with E-state index in [1.54, 1.807) is 19.2 Å². The van der Waals surface area contributed by atoms with Crippen LogP contribution < -0.4 is 9.64 Å². The molecule has 94 valence electrons. The van der Waals surface area contributed by atoms with E-state index in [2.05, 4.69) is 0 Å². The Hall–Kier alpha value is -2.23. The highest BCUT2D eigenvalue weighted by atomic mass is 16.5. The molecule has 1 aromatic carbocycles. The highest BCUT2D eigenvalue weighted by Gasteiger charge is 2.07. The highest BCUT2D eigenvalue weighted by Crippen LogP contribution is 2.19. The van der Waals surface area contributed by atoms with Crippen molar-refractivity contribution in [2.24, 2.45) is 0 Å². The summed E-state index contributed by atoms with van der Waals surface area (Å²) in [7, 11) is 3.56. The number of anilines is 1. The number of nitrogens with zero attached hydrogens (tertiary/aromatic N) is 1. The average molecular weight is 245 g/mol. The molecule has 1 heterocycles. The van der Waals surface area contributed by atoms with Crippen LogP contribution in [0.4, 0.5) is 5.88 Å². The quantitative estimate of drug-likeness (QED) is 0.760. The van der Waals surface area contributed by atoms with Crippen LogP contribution in [0.25, 0.3) is 0 Å². The van der Waals surface area contributed by atoms with Crippen LogP contribution >= 0.6 is 0 Å². The van der Waals surface area contributed by atoms with Crippen molar-refractivity contribution in [3.63, 3.8) is 0 Å². The van der Waals surface area contributed by atoms with Crippen molar-refractivity contribution in [3.05, 3.63) is 47.7 Å². The summed E-state index contributed by atoms with van der Waals surface area (Å²) in [6.07, 6.45) is 0.699. The lowest BCUT2D eigenvalue weighted by Crippen LogP contribution is -2.15. The normalized spacial score (nSPS) is 10.1. The molecule has 4 nitrogen and oxygen atoms in total. The van der Waals surface area contributed by atoms with Crippen LogP contribution in [0.15, 0.2) is 40.8 Å². The number of hydrogen-bond donors (Lipinski definition) is 0. The molecule has 1 aromatic heterocycles. The molecular weight excluding hydrogens is 230 g/mol. The zero-order chi connectivity index (χ0) is 13.0. The molecule has 0 saturated heterocycles. The van der Waals surface area contributed by atoms with Gasteiger partial charge in [-0.1, -0.05) is 12.1 Å². The molecule has 0 bridgehead atoms. The Morgan fingerprint density at radius 1 is 1.22 bits per heavy atom. The molecule has 0 radical (unpaired) electrons. The summed E-state index contributed by atoms with van der Waals surface area (Å²) in [5, 5.41) is 0. The largest absolute Gasteiger partial charge is 0.497 e. The van der Waals surface area contributed by atoms with E-state index in [4.69, 9.17) is 9.15 Å². The van der Waals surface area contributed by atoms with Crippen molar-refractivity contribution < 1.29 is 13.9 Å². The smallest absolute Gasteiger partial charge is 0.196 e. The van der Waals surface area contributed by atoms with E-state index in [9.17, 15) is 4.79 Å². The van der Waals surface area contributed by atoms with Gasteiger partial charge >= 0.3 is 0 Å². The molecule has 0 aliphatic heterocycles. The number of carbonyl (C=O) groups is 1. The SMILES string of the molecule is COc1ccc(CN(C)c2ccc(C=O)o2)cc1. The first-order valence-electron chi connectivity index (χ1n) is 5.62. The highest BCUT2D eigenvalue weighted by molar-refractivity contribution is 5.71. The lowest BCUT2D eigenvalue weighted by atomic mass is 10.2. The second-order valence-corrected chi connectivity index (χ2v) is 4.00. The molecule has 0 N–H and O–H groups in total. The minimum Gasteiger partial charge on any atom is -0.497 e. The topological polar surface area (TPSA) is 42.7 Å². The van der Waals surface area contributed by atoms with Crippen LogP contribution in [0.3, 0.4) is 0 Å². The fourth-order valence-electron chi connectivity index (χ4n) is 1.69. The third-order valence-electron chi connectivity index (χ3n) is 2.68. The number of hydrogen-bond acceptors (Lipinski definition) is 4. The molecule has 2 aromatic rings. The molecule has 2 rings (SSSR count). The van der Waals surface area contributed by atoms with Crippen LogP contribution in [0.1, 0.15) is 16.1 Å². The molecule has 0 unspecified atom stereocenters. The van der Waals surface area contributed by atoms with Crippen LogP contribution in [-0.4, -0.2) is 20.4 Å². The monoisotopic (exact) mass is 245 g/mol. The molecule has 0 atom stereocenters. The first-order chi connectivity index (χ1) is 8.72. The zero-order valence-electron chi connectivity index (χ0n) is 10.4. The van der Waals surface area contributed by atoms with Crippen molar-refractivity contribution in [2.75, 3.05) is 19.1 Å². The Morgan fingerprint density at radius 2 is 1.94 bits per heavy atom. The summed E-state index contributed by atoms with van der Waals surface area (Å²) in [4.78, 5) is 12.5. The Balaban J connectivity index is 2.05. The first-order valence-corrected chi connectivity index (χ1v) is 5.62. The standard InChI is InChI=1S/C14H15NO3/c1-15(14-8-7-13(10-16)18-14)9-11-3-5-12(17-2)6-4-11/h3-8,10H,9H2,1-2H3. The maximum Gasteiger partial charge on any atom is 0.196 e. The number of rotatable bonds is 5. The fraction of sp³-hybridized carbons (Fsp3) is 0.214. The van der Waals surface area contributed by atoms with Crippen molar-refractivity contribution in [1.29, 1.82) is 0 Å². The molecule has 0 aliphatic carbocycles. The fourth-order valence-corrected chi connectivity index (χ4v) is 1.69. The second-order valence-electron chi connectivity index (χ2n) is 4.00. The number of benzene rings is 1. The van der Waals surface area contributed by atoms with E-state index < -0.39 is 0 Å². The number of carbonyl (C=O) groups excluding carboxylic acids is 1. The molecule has 0 aliphatic rings. The van der Waals surface area contributed by atoms with E-state index in [0.717, 1.165) is 11.3 Å². The van der Waals surface area contributed by atoms with Crippen LogP contribution in [0, 0.1) is 0 Å². The predicted molar refractivity (Wildman–Crippen MR) is 69.2 cm³/mol. The Kier molecular flexibility index (Phi) is 3.67. The van der Waals surface area contributed by atoms with Gasteiger partial charge in [0, 0.05) is 19.7 Å². The van der Waals surface area contributed by atoms with Gasteiger partial charge in [-0.05, 0) is 23.8 Å². The van der Waals surface area contributed by atoms with E-state index >= 15 is 0 Å². The van der Waals surface area contributed by atoms with Crippen molar-refractivity contribution in [1.82, 2.24) is 0 Å². The van der Waals surface area contributed by atoms with Gasteiger partial charge in [-0.25, -0.2) is 0 Å². The predicted octanol–water partition coefficient (Wildman–Crippen LogP) is 2.74. The maximum absolute atomic E-state index is 10.5. The van der Waals surface area contributed by atoms with Gasteiger partial charge < -0.3 is 14.1 Å². The van der Waals surface area contributed by atoms with Gasteiger partial charge in [-0.2, -0.15) is 0 Å². The summed E-state index contributed by atoms with van der Waals surface area (Å²) in [6.45, 7) is 0.704. The lowest BCUT2D eigenvalue weighted by molar-refractivity contribution is 0.110. The molecule has 18 heavy (non-hydrogen) atoms. The second kappa shape index (κ2) is 5.40. The third-order valence-corrected chi connectivity index (χ3v) is 2.68. The van der Waals surface area contributed by atoms with Gasteiger partial charge in [0.05, 0.1) is 7.11 Å². The van der Waals surface area contributed by atoms with E-state index in [0.29, 0.717) is 24.5 Å². The van der Waals surface area contributed by atoms with Crippen LogP contribution in [0.2, 0.25) is 0 Å². The van der Waals surface area contributed by atoms with Gasteiger partial charge in [0.15, 0.2) is 17.9 Å². The lowest BCUT2D eigenvalue weighted by Gasteiger charge is -2.16. The molecule has 0 saturated carbocycles. The number of methoxy groups -OCH3 is 1. The molecule has 0 spiro atoms. The maximum atomic E-state index is 10.5. The molecule has 0 amide bonds. The van der Waals surface area contributed by atoms with Crippen LogP contribution in [0.5, 0.6) is 5.75 Å². The van der Waals surface area contributed by atoms with Gasteiger partial charge in [-0.3, -0.25) is 4.79 Å². The van der Waals surface area contributed by atoms with Gasteiger partial charge in [-0.15, -0.1) is 0 Å². The third kappa shape index (κ3) is 2.71. The van der Waals surface area contributed by atoms with E-state index in [1.165, 1.54) is 0 Å². The van der Waals surface area contributed by atoms with E-state index in [1.807, 2.05) is 36.2 Å². The molecular formula is C14H15NO3. The molecule has 4 heteroatoms. The summed E-state index contributed by atoms with van der Waals surface area (Å²) in [5.41, 5.74) is 1.14. The van der Waals surface area contributed by atoms with E-state index in [-0.39, 0.29) is 0 Å².